The Morgan fingerprint density at radius 3 is 2.58 bits per heavy atom. The molecule has 4 rings (SSSR count). The van der Waals surface area contributed by atoms with Crippen LogP contribution in [0.3, 0.4) is 0 Å². The van der Waals surface area contributed by atoms with Crippen molar-refractivity contribution < 1.29 is 4.79 Å². The van der Waals surface area contributed by atoms with Crippen molar-refractivity contribution in [3.8, 4) is 0 Å². The van der Waals surface area contributed by atoms with Crippen molar-refractivity contribution in [1.29, 1.82) is 0 Å². The predicted octanol–water partition coefficient (Wildman–Crippen LogP) is 4.46. The number of hydrogen-bond acceptors (Lipinski definition) is 3. The Hall–Kier alpha value is -3.14. The average Bonchev–Trinajstić information content (AvgIpc) is 3.13. The van der Waals surface area contributed by atoms with Gasteiger partial charge in [-0.05, 0) is 42.7 Å². The molecule has 1 aliphatic rings. The van der Waals surface area contributed by atoms with E-state index in [4.69, 9.17) is 0 Å². The predicted molar refractivity (Wildman–Crippen MR) is 105 cm³/mol. The van der Waals surface area contributed by atoms with E-state index in [2.05, 4.69) is 35.4 Å². The van der Waals surface area contributed by atoms with Gasteiger partial charge in [-0.1, -0.05) is 48.5 Å². The molecule has 26 heavy (non-hydrogen) atoms. The van der Waals surface area contributed by atoms with E-state index in [9.17, 15) is 4.79 Å². The van der Waals surface area contributed by atoms with E-state index in [-0.39, 0.29) is 11.9 Å². The number of benzene rings is 2. The Morgan fingerprint density at radius 2 is 1.81 bits per heavy atom. The van der Waals surface area contributed by atoms with Crippen molar-refractivity contribution in [2.45, 2.75) is 19.4 Å². The fraction of sp³-hybridized carbons (Fsp3) is 0.182. The van der Waals surface area contributed by atoms with Crippen LogP contribution in [0.4, 0.5) is 11.5 Å². The second-order valence-electron chi connectivity index (χ2n) is 6.54. The van der Waals surface area contributed by atoms with Crippen molar-refractivity contribution in [3.05, 3.63) is 89.6 Å². The van der Waals surface area contributed by atoms with Gasteiger partial charge in [0.25, 0.3) is 5.91 Å². The lowest BCUT2D eigenvalue weighted by atomic mass is 10.1. The molecule has 0 radical (unpaired) electrons. The van der Waals surface area contributed by atoms with E-state index in [0.717, 1.165) is 24.5 Å². The van der Waals surface area contributed by atoms with Gasteiger partial charge in [0.15, 0.2) is 0 Å². The highest BCUT2D eigenvalue weighted by Gasteiger charge is 2.25. The van der Waals surface area contributed by atoms with E-state index in [1.807, 2.05) is 53.4 Å². The molecule has 2 aromatic carbocycles. The summed E-state index contributed by atoms with van der Waals surface area (Å²) in [6.07, 6.45) is 2.56. The number of aromatic nitrogens is 1. The van der Waals surface area contributed by atoms with Gasteiger partial charge >= 0.3 is 0 Å². The monoisotopic (exact) mass is 343 g/mol. The number of pyridine rings is 1. The van der Waals surface area contributed by atoms with Crippen LogP contribution in [0.25, 0.3) is 0 Å². The van der Waals surface area contributed by atoms with Crippen molar-refractivity contribution in [2.24, 2.45) is 0 Å². The number of para-hydroxylation sites is 1. The zero-order valence-corrected chi connectivity index (χ0v) is 14.7. The summed E-state index contributed by atoms with van der Waals surface area (Å²) in [6.45, 7) is 2.82. The van der Waals surface area contributed by atoms with Crippen LogP contribution in [0.1, 0.15) is 34.5 Å². The zero-order chi connectivity index (χ0) is 17.9. The number of rotatable bonds is 4. The summed E-state index contributed by atoms with van der Waals surface area (Å²) < 4.78 is 0. The number of anilines is 2. The van der Waals surface area contributed by atoms with E-state index >= 15 is 0 Å². The van der Waals surface area contributed by atoms with Crippen LogP contribution in [0.5, 0.6) is 0 Å². The summed E-state index contributed by atoms with van der Waals surface area (Å²) in [4.78, 5) is 19.1. The number of carbonyl (C=O) groups excluding carboxylic acids is 1. The highest BCUT2D eigenvalue weighted by Crippen LogP contribution is 2.29. The molecule has 3 aromatic rings. The maximum Gasteiger partial charge on any atom is 0.259 e. The van der Waals surface area contributed by atoms with Gasteiger partial charge in [-0.3, -0.25) is 4.79 Å². The summed E-state index contributed by atoms with van der Waals surface area (Å²) in [5.74, 6) is 0.768. The molecule has 0 saturated carbocycles. The summed E-state index contributed by atoms with van der Waals surface area (Å²) in [5, 5.41) is 3.37. The minimum absolute atomic E-state index is 0.00473. The molecule has 2 heterocycles. The molecule has 1 N–H and O–H groups in total. The highest BCUT2D eigenvalue weighted by molar-refractivity contribution is 6.07. The third-order valence-electron chi connectivity index (χ3n) is 4.81. The Kier molecular flexibility index (Phi) is 4.40. The first-order valence-electron chi connectivity index (χ1n) is 8.90. The van der Waals surface area contributed by atoms with Crippen molar-refractivity contribution in [2.75, 3.05) is 16.8 Å². The number of hydrogen-bond donors (Lipinski definition) is 1. The minimum atomic E-state index is 0.00473. The fourth-order valence-electron chi connectivity index (χ4n) is 3.36. The quantitative estimate of drug-likeness (QED) is 0.761. The molecule has 0 saturated heterocycles. The molecule has 1 amide bonds. The van der Waals surface area contributed by atoms with Gasteiger partial charge in [0.1, 0.15) is 5.82 Å². The van der Waals surface area contributed by atoms with Crippen LogP contribution in [-0.4, -0.2) is 17.4 Å². The van der Waals surface area contributed by atoms with Crippen LogP contribution in [0.15, 0.2) is 72.9 Å². The van der Waals surface area contributed by atoms with Gasteiger partial charge in [-0.2, -0.15) is 0 Å². The first-order chi connectivity index (χ1) is 12.7. The molecule has 0 spiro atoms. The Labute approximate surface area is 153 Å². The Morgan fingerprint density at radius 1 is 1.04 bits per heavy atom. The average molecular weight is 343 g/mol. The fourth-order valence-corrected chi connectivity index (χ4v) is 3.36. The number of nitrogens with one attached hydrogen (secondary N) is 1. The van der Waals surface area contributed by atoms with E-state index in [0.29, 0.717) is 5.56 Å². The number of fused-ring (bicyclic) bond motifs is 1. The summed E-state index contributed by atoms with van der Waals surface area (Å²) in [5.41, 5.74) is 4.05. The lowest BCUT2D eigenvalue weighted by molar-refractivity contribution is 0.0989. The van der Waals surface area contributed by atoms with E-state index in [1.165, 1.54) is 11.1 Å². The first-order valence-corrected chi connectivity index (χ1v) is 8.90. The van der Waals surface area contributed by atoms with Gasteiger partial charge in [0.2, 0.25) is 0 Å². The van der Waals surface area contributed by atoms with Gasteiger partial charge in [-0.25, -0.2) is 4.98 Å². The largest absolute Gasteiger partial charge is 0.364 e. The van der Waals surface area contributed by atoms with Gasteiger partial charge in [0.05, 0.1) is 5.56 Å². The molecule has 0 fully saturated rings. The molecule has 0 aliphatic carbocycles. The molecule has 0 bridgehead atoms. The Balaban J connectivity index is 1.47. The minimum Gasteiger partial charge on any atom is -0.364 e. The lowest BCUT2D eigenvalue weighted by Crippen LogP contribution is -2.28. The summed E-state index contributed by atoms with van der Waals surface area (Å²) >= 11 is 0. The van der Waals surface area contributed by atoms with Crippen LogP contribution in [0, 0.1) is 0 Å². The third-order valence-corrected chi connectivity index (χ3v) is 4.81. The highest BCUT2D eigenvalue weighted by atomic mass is 16.2. The lowest BCUT2D eigenvalue weighted by Gasteiger charge is -2.18. The summed E-state index contributed by atoms with van der Waals surface area (Å²) in [6, 6.07) is 22.2. The van der Waals surface area contributed by atoms with E-state index in [1.54, 1.807) is 6.20 Å². The number of amides is 1. The van der Waals surface area contributed by atoms with Crippen LogP contribution in [0.2, 0.25) is 0 Å². The molecule has 4 nitrogen and oxygen atoms in total. The molecule has 4 heteroatoms. The zero-order valence-electron chi connectivity index (χ0n) is 14.7. The van der Waals surface area contributed by atoms with Crippen molar-refractivity contribution >= 4 is 17.4 Å². The van der Waals surface area contributed by atoms with Crippen molar-refractivity contribution in [3.63, 3.8) is 0 Å². The molecular weight excluding hydrogens is 322 g/mol. The summed E-state index contributed by atoms with van der Waals surface area (Å²) in [7, 11) is 0. The Bertz CT molecular complexity index is 906. The van der Waals surface area contributed by atoms with Gasteiger partial charge in [-0.15, -0.1) is 0 Å². The standard InChI is InChI=1S/C22H21N3O/c1-16(17-7-3-2-4-8-17)24-21-12-11-19(15-23-21)22(26)25-14-13-18-9-5-6-10-20(18)25/h2-12,15-16H,13-14H2,1H3,(H,23,24)/t16-/m0/s1. The van der Waals surface area contributed by atoms with Crippen LogP contribution < -0.4 is 10.2 Å². The smallest absolute Gasteiger partial charge is 0.259 e. The molecule has 130 valence electrons. The van der Waals surface area contributed by atoms with E-state index < -0.39 is 0 Å². The third kappa shape index (κ3) is 3.18. The molecule has 1 aromatic heterocycles. The molecular formula is C22H21N3O. The first kappa shape index (κ1) is 16.3. The molecule has 1 aliphatic heterocycles. The maximum atomic E-state index is 12.8. The maximum absolute atomic E-state index is 12.8. The SMILES string of the molecule is C[C@H](Nc1ccc(C(=O)N2CCc3ccccc32)cn1)c1ccccc1. The normalized spacial score (nSPS) is 14.0. The number of nitrogens with zero attached hydrogens (tertiary/aromatic N) is 2. The van der Waals surface area contributed by atoms with Gasteiger partial charge < -0.3 is 10.2 Å². The van der Waals surface area contributed by atoms with Crippen LogP contribution in [-0.2, 0) is 6.42 Å². The number of carbonyl (C=O) groups is 1. The molecule has 0 unspecified atom stereocenters. The van der Waals surface area contributed by atoms with Crippen molar-refractivity contribution in [1.82, 2.24) is 4.98 Å². The topological polar surface area (TPSA) is 45.2 Å². The molecule has 1 atom stereocenters. The second kappa shape index (κ2) is 7.00. The van der Waals surface area contributed by atoms with Gasteiger partial charge in [0, 0.05) is 24.5 Å². The van der Waals surface area contributed by atoms with Crippen LogP contribution >= 0.6 is 0 Å². The second-order valence-corrected chi connectivity index (χ2v) is 6.54.